The van der Waals surface area contributed by atoms with Gasteiger partial charge in [0, 0.05) is 18.8 Å². The van der Waals surface area contributed by atoms with E-state index < -0.39 is 11.9 Å². The Bertz CT molecular complexity index is 558. The number of aryl methyl sites for hydroxylation is 2. The van der Waals surface area contributed by atoms with Gasteiger partial charge in [-0.1, -0.05) is 6.92 Å². The predicted octanol–water partition coefficient (Wildman–Crippen LogP) is 1.36. The van der Waals surface area contributed by atoms with Gasteiger partial charge < -0.3 is 19.8 Å². The molecule has 0 aromatic carbocycles. The third-order valence-electron chi connectivity index (χ3n) is 3.06. The molecule has 8 nitrogen and oxygen atoms in total. The molecule has 0 atom stereocenters. The van der Waals surface area contributed by atoms with Crippen molar-refractivity contribution in [2.45, 2.75) is 34.1 Å². The van der Waals surface area contributed by atoms with E-state index in [-0.39, 0.29) is 12.5 Å². The van der Waals surface area contributed by atoms with Gasteiger partial charge in [-0.2, -0.15) is 0 Å². The topological polar surface area (TPSA) is 117 Å². The Labute approximate surface area is 141 Å². The summed E-state index contributed by atoms with van der Waals surface area (Å²) in [5.74, 6) is -2.92. The van der Waals surface area contributed by atoms with Crippen molar-refractivity contribution >= 4 is 17.8 Å². The maximum Gasteiger partial charge on any atom is 0.414 e. The third-order valence-corrected chi connectivity index (χ3v) is 3.06. The van der Waals surface area contributed by atoms with E-state index in [1.54, 1.807) is 4.90 Å². The lowest BCUT2D eigenvalue weighted by Crippen LogP contribution is -2.34. The number of carbonyl (C=O) groups excluding carboxylic acids is 1. The molecule has 1 aromatic heterocycles. The van der Waals surface area contributed by atoms with E-state index in [1.807, 2.05) is 39.8 Å². The van der Waals surface area contributed by atoms with E-state index in [2.05, 4.69) is 4.98 Å². The average Bonchev–Trinajstić information content (AvgIpc) is 2.55. The number of hydrogen-bond donors (Lipinski definition) is 2. The summed E-state index contributed by atoms with van der Waals surface area (Å²) in [6.07, 6.45) is 0.802. The van der Waals surface area contributed by atoms with Gasteiger partial charge in [-0.3, -0.25) is 9.78 Å². The second kappa shape index (κ2) is 11.0. The lowest BCUT2D eigenvalue weighted by molar-refractivity contribution is -0.159. The Hall–Kier alpha value is -2.64. The highest BCUT2D eigenvalue weighted by molar-refractivity contribution is 6.27. The minimum absolute atomic E-state index is 0.0163. The maximum absolute atomic E-state index is 11.8. The highest BCUT2D eigenvalue weighted by Crippen LogP contribution is 2.17. The van der Waals surface area contributed by atoms with E-state index in [1.165, 1.54) is 0 Å². The van der Waals surface area contributed by atoms with Crippen LogP contribution >= 0.6 is 0 Å². The average molecular weight is 340 g/mol. The Morgan fingerprint density at radius 2 is 1.62 bits per heavy atom. The number of rotatable bonds is 6. The fourth-order valence-corrected chi connectivity index (χ4v) is 1.79. The van der Waals surface area contributed by atoms with Crippen molar-refractivity contribution in [3.05, 3.63) is 23.5 Å². The molecular weight excluding hydrogens is 316 g/mol. The summed E-state index contributed by atoms with van der Waals surface area (Å²) in [6, 6.07) is 3.78. The molecule has 0 aliphatic rings. The summed E-state index contributed by atoms with van der Waals surface area (Å²) in [4.78, 5) is 36.2. The van der Waals surface area contributed by atoms with Crippen molar-refractivity contribution in [1.82, 2.24) is 9.88 Å². The minimum atomic E-state index is -1.82. The third kappa shape index (κ3) is 7.57. The molecule has 0 saturated heterocycles. The zero-order valence-corrected chi connectivity index (χ0v) is 14.4. The van der Waals surface area contributed by atoms with Crippen LogP contribution in [0.2, 0.25) is 0 Å². The van der Waals surface area contributed by atoms with Gasteiger partial charge in [0.2, 0.25) is 0 Å². The van der Waals surface area contributed by atoms with Crippen LogP contribution in [0.4, 0.5) is 0 Å². The number of likely N-dealkylation sites (N-methyl/N-ethyl adjacent to an activating group) is 1. The van der Waals surface area contributed by atoms with Crippen LogP contribution in [0.25, 0.3) is 0 Å². The molecule has 2 N–H and O–H groups in total. The van der Waals surface area contributed by atoms with Crippen LogP contribution in [0.3, 0.4) is 0 Å². The first-order valence-electron chi connectivity index (χ1n) is 7.59. The van der Waals surface area contributed by atoms with Crippen molar-refractivity contribution in [3.8, 4) is 5.75 Å². The molecule has 1 rings (SSSR count). The molecule has 0 fully saturated rings. The molecule has 8 heteroatoms. The van der Waals surface area contributed by atoms with Gasteiger partial charge in [-0.25, -0.2) is 9.59 Å². The zero-order chi connectivity index (χ0) is 18.7. The number of ether oxygens (including phenoxy) is 1. The van der Waals surface area contributed by atoms with E-state index in [9.17, 15) is 4.79 Å². The van der Waals surface area contributed by atoms with Gasteiger partial charge in [0.1, 0.15) is 5.75 Å². The van der Waals surface area contributed by atoms with Gasteiger partial charge in [0.25, 0.3) is 5.91 Å². The highest BCUT2D eigenvalue weighted by Gasteiger charge is 2.11. The Balaban J connectivity index is 0.000000754. The van der Waals surface area contributed by atoms with E-state index in [0.29, 0.717) is 18.8 Å². The SMILES string of the molecule is CCc1nc(C)ccc1OCC(=O)N(CC)CC.O=C(O)C(=O)O. The first kappa shape index (κ1) is 21.4. The predicted molar refractivity (Wildman–Crippen MR) is 87.0 cm³/mol. The van der Waals surface area contributed by atoms with E-state index >= 15 is 0 Å². The van der Waals surface area contributed by atoms with Crippen molar-refractivity contribution in [3.63, 3.8) is 0 Å². The normalized spacial score (nSPS) is 9.50. The fourth-order valence-electron chi connectivity index (χ4n) is 1.79. The van der Waals surface area contributed by atoms with Crippen LogP contribution < -0.4 is 4.74 Å². The Kier molecular flexibility index (Phi) is 9.77. The molecule has 1 aromatic rings. The van der Waals surface area contributed by atoms with Crippen LogP contribution in [0.5, 0.6) is 5.75 Å². The summed E-state index contributed by atoms with van der Waals surface area (Å²) in [7, 11) is 0. The first-order chi connectivity index (χ1) is 11.3. The number of amides is 1. The quantitative estimate of drug-likeness (QED) is 0.751. The highest BCUT2D eigenvalue weighted by atomic mass is 16.5. The van der Waals surface area contributed by atoms with E-state index in [0.717, 1.165) is 17.8 Å². The second-order valence-electron chi connectivity index (χ2n) is 4.72. The largest absolute Gasteiger partial charge is 0.482 e. The summed E-state index contributed by atoms with van der Waals surface area (Å²) >= 11 is 0. The summed E-state index contributed by atoms with van der Waals surface area (Å²) in [6.45, 7) is 9.42. The van der Waals surface area contributed by atoms with Crippen LogP contribution in [0, 0.1) is 6.92 Å². The van der Waals surface area contributed by atoms with Crippen molar-refractivity contribution in [2.24, 2.45) is 0 Å². The van der Waals surface area contributed by atoms with Gasteiger partial charge in [-0.15, -0.1) is 0 Å². The van der Waals surface area contributed by atoms with Crippen LogP contribution in [-0.4, -0.2) is 57.6 Å². The van der Waals surface area contributed by atoms with Crippen LogP contribution in [-0.2, 0) is 20.8 Å². The zero-order valence-electron chi connectivity index (χ0n) is 14.4. The lowest BCUT2D eigenvalue weighted by atomic mass is 10.2. The van der Waals surface area contributed by atoms with Gasteiger partial charge in [0.15, 0.2) is 6.61 Å². The molecule has 0 aliphatic heterocycles. The van der Waals surface area contributed by atoms with Crippen LogP contribution in [0.15, 0.2) is 12.1 Å². The number of hydrogen-bond acceptors (Lipinski definition) is 5. The number of aliphatic carboxylic acids is 2. The molecule has 0 radical (unpaired) electrons. The molecular formula is C16H24N2O6. The molecule has 0 saturated carbocycles. The number of carboxylic acid groups (broad SMARTS) is 2. The second-order valence-corrected chi connectivity index (χ2v) is 4.72. The summed E-state index contributed by atoms with van der Waals surface area (Å²) in [5, 5.41) is 14.8. The summed E-state index contributed by atoms with van der Waals surface area (Å²) < 4.78 is 5.58. The molecule has 0 unspecified atom stereocenters. The monoisotopic (exact) mass is 340 g/mol. The lowest BCUT2D eigenvalue weighted by Gasteiger charge is -2.19. The van der Waals surface area contributed by atoms with Gasteiger partial charge in [0.05, 0.1) is 5.69 Å². The molecule has 0 bridgehead atoms. The number of carboxylic acids is 2. The fraction of sp³-hybridized carbons (Fsp3) is 0.500. The molecule has 0 spiro atoms. The van der Waals surface area contributed by atoms with Crippen molar-refractivity contribution < 1.29 is 29.3 Å². The summed E-state index contributed by atoms with van der Waals surface area (Å²) in [5.41, 5.74) is 1.87. The number of aromatic nitrogens is 1. The minimum Gasteiger partial charge on any atom is -0.482 e. The molecule has 0 aliphatic carbocycles. The standard InChI is InChI=1S/C14H22N2O2.C2H2O4/c1-5-12-13(9-8-11(4)15-12)18-10-14(17)16(6-2)7-3;3-1(4)2(5)6/h8-9H,5-7,10H2,1-4H3;(H,3,4)(H,5,6). The molecule has 1 amide bonds. The molecule has 24 heavy (non-hydrogen) atoms. The Morgan fingerprint density at radius 1 is 1.08 bits per heavy atom. The number of carbonyl (C=O) groups is 3. The Morgan fingerprint density at radius 3 is 2.04 bits per heavy atom. The van der Waals surface area contributed by atoms with Crippen molar-refractivity contribution in [2.75, 3.05) is 19.7 Å². The number of nitrogens with zero attached hydrogens (tertiary/aromatic N) is 2. The maximum atomic E-state index is 11.8. The smallest absolute Gasteiger partial charge is 0.414 e. The molecule has 1 heterocycles. The van der Waals surface area contributed by atoms with Gasteiger partial charge >= 0.3 is 11.9 Å². The van der Waals surface area contributed by atoms with Gasteiger partial charge in [-0.05, 0) is 39.3 Å². The van der Waals surface area contributed by atoms with Crippen LogP contribution in [0.1, 0.15) is 32.2 Å². The first-order valence-corrected chi connectivity index (χ1v) is 7.59. The van der Waals surface area contributed by atoms with E-state index in [4.69, 9.17) is 24.5 Å². The van der Waals surface area contributed by atoms with Crippen molar-refractivity contribution in [1.29, 1.82) is 0 Å². The number of pyridine rings is 1. The molecule has 134 valence electrons.